The van der Waals surface area contributed by atoms with Crippen molar-refractivity contribution in [2.45, 2.75) is 26.7 Å². The van der Waals surface area contributed by atoms with Crippen LogP contribution >= 0.6 is 0 Å². The third-order valence-electron chi connectivity index (χ3n) is 5.46. The largest absolute Gasteiger partial charge is 0.356 e. The van der Waals surface area contributed by atoms with E-state index in [2.05, 4.69) is 19.9 Å². The van der Waals surface area contributed by atoms with E-state index in [1.807, 2.05) is 25.1 Å². The third-order valence-corrected chi connectivity index (χ3v) is 5.46. The number of aromatic nitrogens is 3. The van der Waals surface area contributed by atoms with Gasteiger partial charge in [-0.25, -0.2) is 18.7 Å². The lowest BCUT2D eigenvalue weighted by atomic mass is 10.0. The van der Waals surface area contributed by atoms with Gasteiger partial charge in [0.15, 0.2) is 11.6 Å². The van der Waals surface area contributed by atoms with E-state index < -0.39 is 11.6 Å². The van der Waals surface area contributed by atoms with Crippen molar-refractivity contribution in [1.82, 2.24) is 15.0 Å². The van der Waals surface area contributed by atoms with Crippen molar-refractivity contribution in [2.24, 2.45) is 0 Å². The second kappa shape index (κ2) is 8.18. The number of rotatable bonds is 3. The molecule has 1 aromatic carbocycles. The molecule has 1 fully saturated rings. The van der Waals surface area contributed by atoms with Crippen molar-refractivity contribution < 1.29 is 8.78 Å². The topological polar surface area (TPSA) is 61.9 Å². The second-order valence-corrected chi connectivity index (χ2v) is 7.49. The highest BCUT2D eigenvalue weighted by molar-refractivity contribution is 5.58. The number of halogens is 2. The minimum Gasteiger partial charge on any atom is -0.356 e. The Morgan fingerprint density at radius 3 is 2.47 bits per heavy atom. The number of aryl methyl sites for hydroxylation is 1. The Labute approximate surface area is 173 Å². The van der Waals surface area contributed by atoms with Crippen LogP contribution in [0, 0.1) is 25.5 Å². The van der Waals surface area contributed by atoms with Gasteiger partial charge < -0.3 is 9.88 Å². The molecule has 4 rings (SSSR count). The van der Waals surface area contributed by atoms with Crippen LogP contribution in [0.4, 0.5) is 14.6 Å². The van der Waals surface area contributed by atoms with Gasteiger partial charge in [-0.05, 0) is 56.5 Å². The Kier molecular flexibility index (Phi) is 5.44. The number of pyridine rings is 1. The Morgan fingerprint density at radius 2 is 1.83 bits per heavy atom. The number of H-pyrrole nitrogens is 1. The average molecular weight is 408 g/mol. The van der Waals surface area contributed by atoms with Gasteiger partial charge in [-0.3, -0.25) is 4.79 Å². The standard InChI is InChI=1S/C23H22F2N4O/c1-14-15(2)27-22(28-23(14)30)18-4-6-21(26-13-18)29-9-7-16(8-10-29)11-17-3-5-19(24)20(25)12-17/h3-6,11-13H,7-10H2,1-2H3,(H,27,28,30). The smallest absolute Gasteiger partial charge is 0.254 e. The van der Waals surface area contributed by atoms with E-state index in [0.29, 0.717) is 22.6 Å². The first-order valence-corrected chi connectivity index (χ1v) is 9.84. The summed E-state index contributed by atoms with van der Waals surface area (Å²) >= 11 is 0. The summed E-state index contributed by atoms with van der Waals surface area (Å²) in [4.78, 5) is 25.9. The van der Waals surface area contributed by atoms with Gasteiger partial charge >= 0.3 is 0 Å². The Bertz CT molecular complexity index is 1160. The van der Waals surface area contributed by atoms with Gasteiger partial charge in [0.1, 0.15) is 11.6 Å². The molecule has 1 aliphatic rings. The highest BCUT2D eigenvalue weighted by Crippen LogP contribution is 2.25. The summed E-state index contributed by atoms with van der Waals surface area (Å²) in [5.41, 5.74) is 3.81. The normalized spacial score (nSPS) is 14.1. The molecule has 30 heavy (non-hydrogen) atoms. The maximum Gasteiger partial charge on any atom is 0.254 e. The van der Waals surface area contributed by atoms with Crippen LogP contribution in [0.3, 0.4) is 0 Å². The molecule has 154 valence electrons. The van der Waals surface area contributed by atoms with Crippen molar-refractivity contribution >= 4 is 11.9 Å². The van der Waals surface area contributed by atoms with E-state index >= 15 is 0 Å². The van der Waals surface area contributed by atoms with Crippen LogP contribution in [0.15, 0.2) is 46.9 Å². The summed E-state index contributed by atoms with van der Waals surface area (Å²) in [6, 6.07) is 7.79. The lowest BCUT2D eigenvalue weighted by Gasteiger charge is -2.29. The van der Waals surface area contributed by atoms with Gasteiger partial charge in [0.2, 0.25) is 0 Å². The van der Waals surface area contributed by atoms with Crippen molar-refractivity contribution in [3.63, 3.8) is 0 Å². The summed E-state index contributed by atoms with van der Waals surface area (Å²) in [5, 5.41) is 0. The summed E-state index contributed by atoms with van der Waals surface area (Å²) in [6.45, 7) is 5.15. The van der Waals surface area contributed by atoms with Crippen LogP contribution in [0.1, 0.15) is 29.7 Å². The molecule has 0 unspecified atom stereocenters. The van der Waals surface area contributed by atoms with Gasteiger partial charge in [-0.1, -0.05) is 17.7 Å². The second-order valence-electron chi connectivity index (χ2n) is 7.49. The first-order chi connectivity index (χ1) is 14.4. The monoisotopic (exact) mass is 408 g/mol. The predicted octanol–water partition coefficient (Wildman–Crippen LogP) is 4.41. The molecule has 0 atom stereocenters. The lowest BCUT2D eigenvalue weighted by molar-refractivity contribution is 0.508. The third kappa shape index (κ3) is 4.15. The lowest BCUT2D eigenvalue weighted by Crippen LogP contribution is -2.31. The molecule has 2 aromatic heterocycles. The Balaban J connectivity index is 1.44. The van der Waals surface area contributed by atoms with Gasteiger partial charge in [-0.15, -0.1) is 0 Å². The number of hydrogen-bond donors (Lipinski definition) is 1. The quantitative estimate of drug-likeness (QED) is 0.697. The average Bonchev–Trinajstić information content (AvgIpc) is 2.75. The fraction of sp³-hybridized carbons (Fsp3) is 0.261. The molecule has 0 saturated carbocycles. The molecule has 3 aromatic rings. The fourth-order valence-electron chi connectivity index (χ4n) is 3.50. The van der Waals surface area contributed by atoms with E-state index in [9.17, 15) is 13.6 Å². The summed E-state index contributed by atoms with van der Waals surface area (Å²) < 4.78 is 26.5. The van der Waals surface area contributed by atoms with Gasteiger partial charge in [0.25, 0.3) is 5.56 Å². The molecule has 1 saturated heterocycles. The van der Waals surface area contributed by atoms with Crippen molar-refractivity contribution in [3.8, 4) is 11.4 Å². The zero-order chi connectivity index (χ0) is 21.3. The number of nitrogens with one attached hydrogen (secondary N) is 1. The number of piperidine rings is 1. The molecular formula is C23H22F2N4O. The molecule has 7 heteroatoms. The van der Waals surface area contributed by atoms with Gasteiger partial charge in [0.05, 0.1) is 0 Å². The van der Waals surface area contributed by atoms with E-state index in [1.54, 1.807) is 19.2 Å². The number of hydrogen-bond acceptors (Lipinski definition) is 4. The highest BCUT2D eigenvalue weighted by atomic mass is 19.2. The first kappa shape index (κ1) is 19.9. The number of anilines is 1. The van der Waals surface area contributed by atoms with Crippen LogP contribution in [0.5, 0.6) is 0 Å². The molecule has 3 heterocycles. The SMILES string of the molecule is Cc1nc(-c2ccc(N3CCC(=Cc4ccc(F)c(F)c4)CC3)nc2)[nH]c(=O)c1C. The number of nitrogens with zero attached hydrogens (tertiary/aromatic N) is 3. The van der Waals surface area contributed by atoms with E-state index in [4.69, 9.17) is 0 Å². The molecule has 0 radical (unpaired) electrons. The van der Waals surface area contributed by atoms with Crippen molar-refractivity contribution in [3.05, 3.63) is 80.9 Å². The molecule has 0 aliphatic carbocycles. The Morgan fingerprint density at radius 1 is 1.07 bits per heavy atom. The van der Waals surface area contributed by atoms with Crippen LogP contribution in [0.25, 0.3) is 17.5 Å². The van der Waals surface area contributed by atoms with Crippen LogP contribution < -0.4 is 10.5 Å². The van der Waals surface area contributed by atoms with Gasteiger partial charge in [-0.2, -0.15) is 0 Å². The van der Waals surface area contributed by atoms with E-state index in [-0.39, 0.29) is 5.56 Å². The van der Waals surface area contributed by atoms with Crippen LogP contribution in [0.2, 0.25) is 0 Å². The molecular weight excluding hydrogens is 386 g/mol. The zero-order valence-electron chi connectivity index (χ0n) is 16.9. The fourth-order valence-corrected chi connectivity index (χ4v) is 3.50. The first-order valence-electron chi connectivity index (χ1n) is 9.84. The van der Waals surface area contributed by atoms with Crippen LogP contribution in [-0.2, 0) is 0 Å². The minimum absolute atomic E-state index is 0.141. The summed E-state index contributed by atoms with van der Waals surface area (Å²) in [6.07, 6.45) is 5.30. The van der Waals surface area contributed by atoms with E-state index in [1.165, 1.54) is 11.6 Å². The number of benzene rings is 1. The summed E-state index contributed by atoms with van der Waals surface area (Å²) in [7, 11) is 0. The molecule has 0 spiro atoms. The molecule has 0 bridgehead atoms. The number of aromatic amines is 1. The molecule has 1 aliphatic heterocycles. The molecule has 1 N–H and O–H groups in total. The molecule has 5 nitrogen and oxygen atoms in total. The summed E-state index contributed by atoms with van der Waals surface area (Å²) in [5.74, 6) is -0.290. The van der Waals surface area contributed by atoms with Gasteiger partial charge in [0, 0.05) is 36.1 Å². The highest BCUT2D eigenvalue weighted by Gasteiger charge is 2.16. The Hall–Kier alpha value is -3.35. The minimum atomic E-state index is -0.832. The zero-order valence-corrected chi connectivity index (χ0v) is 16.9. The maximum absolute atomic E-state index is 13.4. The van der Waals surface area contributed by atoms with Crippen LogP contribution in [-0.4, -0.2) is 28.0 Å². The van der Waals surface area contributed by atoms with Crippen molar-refractivity contribution in [1.29, 1.82) is 0 Å². The van der Waals surface area contributed by atoms with Crippen molar-refractivity contribution in [2.75, 3.05) is 18.0 Å². The van der Waals surface area contributed by atoms with E-state index in [0.717, 1.165) is 43.4 Å². The maximum atomic E-state index is 13.4. The molecule has 0 amide bonds. The predicted molar refractivity (Wildman–Crippen MR) is 113 cm³/mol.